The van der Waals surface area contributed by atoms with E-state index in [1.165, 1.54) is 12.1 Å². The van der Waals surface area contributed by atoms with Crippen molar-refractivity contribution in [2.75, 3.05) is 37.6 Å². The van der Waals surface area contributed by atoms with Crippen LogP contribution in [0.5, 0.6) is 0 Å². The van der Waals surface area contributed by atoms with E-state index in [0.29, 0.717) is 37.3 Å². The number of piperazine rings is 1. The molecule has 1 saturated heterocycles. The van der Waals surface area contributed by atoms with Gasteiger partial charge in [-0.25, -0.2) is 9.18 Å². The molecule has 0 spiro atoms. The molecule has 0 atom stereocenters. The number of nitro groups is 1. The zero-order valence-corrected chi connectivity index (χ0v) is 18.6. The lowest BCUT2D eigenvalue weighted by Crippen LogP contribution is -2.51. The monoisotopic (exact) mass is 436 g/mol. The van der Waals surface area contributed by atoms with Crippen molar-refractivity contribution < 1.29 is 18.8 Å². The van der Waals surface area contributed by atoms with Gasteiger partial charge in [-0.2, -0.15) is 0 Å². The largest absolute Gasteiger partial charge is 0.444 e. The van der Waals surface area contributed by atoms with Crippen LogP contribution in [0.25, 0.3) is 0 Å². The van der Waals surface area contributed by atoms with Gasteiger partial charge in [-0.3, -0.25) is 15.0 Å². The third-order valence-corrected chi connectivity index (χ3v) is 6.06. The van der Waals surface area contributed by atoms with Gasteiger partial charge in [0.2, 0.25) is 0 Å². The van der Waals surface area contributed by atoms with E-state index >= 15 is 0 Å². The maximum Gasteiger partial charge on any atom is 0.407 e. The molecule has 3 rings (SSSR count). The van der Waals surface area contributed by atoms with Crippen molar-refractivity contribution in [3.05, 3.63) is 34.1 Å². The van der Waals surface area contributed by atoms with Crippen molar-refractivity contribution in [2.45, 2.75) is 58.1 Å². The van der Waals surface area contributed by atoms with E-state index < -0.39 is 16.3 Å². The topological polar surface area (TPSA) is 88.0 Å². The maximum atomic E-state index is 14.3. The summed E-state index contributed by atoms with van der Waals surface area (Å²) >= 11 is 0. The summed E-state index contributed by atoms with van der Waals surface area (Å²) < 4.78 is 19.6. The summed E-state index contributed by atoms with van der Waals surface area (Å²) in [5.74, 6) is -0.0695. The molecule has 1 aromatic rings. The highest BCUT2D eigenvalue weighted by atomic mass is 19.1. The summed E-state index contributed by atoms with van der Waals surface area (Å²) in [4.78, 5) is 26.5. The Morgan fingerprint density at radius 1 is 1.19 bits per heavy atom. The Hall–Kier alpha value is -2.42. The van der Waals surface area contributed by atoms with E-state index in [1.807, 2.05) is 25.7 Å². The minimum absolute atomic E-state index is 0.224. The van der Waals surface area contributed by atoms with Gasteiger partial charge in [0, 0.05) is 44.8 Å². The van der Waals surface area contributed by atoms with Crippen LogP contribution in [0.4, 0.5) is 20.6 Å². The Kier molecular flexibility index (Phi) is 7.35. The van der Waals surface area contributed by atoms with Crippen molar-refractivity contribution in [3.8, 4) is 0 Å². The molecule has 0 radical (unpaired) electrons. The summed E-state index contributed by atoms with van der Waals surface area (Å²) in [7, 11) is 0. The molecule has 2 aliphatic rings. The van der Waals surface area contributed by atoms with Gasteiger partial charge in [-0.05, 0) is 58.4 Å². The lowest BCUT2D eigenvalue weighted by molar-refractivity contribution is -0.385. The summed E-state index contributed by atoms with van der Waals surface area (Å²) in [6.07, 6.45) is 3.96. The SMILES string of the molecule is CC(C)(C)OC(=O)NC[C@H]1CC[C@H](N2CCN(c3ccc([N+](=O)[O-])cc3F)CC2)CC1. The number of halogens is 1. The molecule has 1 saturated carbocycles. The Labute approximate surface area is 182 Å². The van der Waals surface area contributed by atoms with E-state index in [0.717, 1.165) is 44.8 Å². The summed E-state index contributed by atoms with van der Waals surface area (Å²) in [6.45, 7) is 9.32. The Morgan fingerprint density at radius 2 is 1.84 bits per heavy atom. The normalized spacial score (nSPS) is 22.8. The van der Waals surface area contributed by atoms with Crippen LogP contribution in [0.2, 0.25) is 0 Å². The first-order valence-electron chi connectivity index (χ1n) is 11.0. The van der Waals surface area contributed by atoms with Crippen LogP contribution in [0.1, 0.15) is 46.5 Å². The molecule has 1 aliphatic carbocycles. The molecule has 31 heavy (non-hydrogen) atoms. The zero-order chi connectivity index (χ0) is 22.6. The second kappa shape index (κ2) is 9.80. The smallest absolute Gasteiger partial charge is 0.407 e. The van der Waals surface area contributed by atoms with Crippen LogP contribution in [0.15, 0.2) is 18.2 Å². The zero-order valence-electron chi connectivity index (χ0n) is 18.6. The number of alkyl carbamates (subject to hydrolysis) is 1. The highest BCUT2D eigenvalue weighted by Gasteiger charge is 2.29. The number of amides is 1. The number of nitro benzene ring substituents is 1. The number of nitrogens with one attached hydrogen (secondary N) is 1. The second-order valence-electron chi connectivity index (χ2n) is 9.47. The molecule has 8 nitrogen and oxygen atoms in total. The van der Waals surface area contributed by atoms with Gasteiger partial charge in [-0.15, -0.1) is 0 Å². The van der Waals surface area contributed by atoms with Gasteiger partial charge in [-0.1, -0.05) is 0 Å². The molecule has 0 unspecified atom stereocenters. The van der Waals surface area contributed by atoms with Crippen LogP contribution in [0.3, 0.4) is 0 Å². The van der Waals surface area contributed by atoms with E-state index in [2.05, 4.69) is 10.2 Å². The van der Waals surface area contributed by atoms with E-state index in [9.17, 15) is 19.3 Å². The number of anilines is 1. The fourth-order valence-electron chi connectivity index (χ4n) is 4.45. The van der Waals surface area contributed by atoms with Crippen molar-refractivity contribution >= 4 is 17.5 Å². The summed E-state index contributed by atoms with van der Waals surface area (Å²) in [5, 5.41) is 13.7. The highest BCUT2D eigenvalue weighted by molar-refractivity contribution is 5.67. The average Bonchev–Trinajstić information content (AvgIpc) is 2.71. The first-order valence-corrected chi connectivity index (χ1v) is 11.0. The molecule has 0 aromatic heterocycles. The predicted molar refractivity (Wildman–Crippen MR) is 117 cm³/mol. The fourth-order valence-corrected chi connectivity index (χ4v) is 4.45. The van der Waals surface area contributed by atoms with E-state index in [-0.39, 0.29) is 11.8 Å². The molecule has 2 fully saturated rings. The van der Waals surface area contributed by atoms with Gasteiger partial charge in [0.15, 0.2) is 5.82 Å². The number of nitrogens with zero attached hydrogens (tertiary/aromatic N) is 3. The molecule has 172 valence electrons. The number of carbonyl (C=O) groups is 1. The van der Waals surface area contributed by atoms with Gasteiger partial charge in [0.25, 0.3) is 5.69 Å². The molecule has 1 aromatic carbocycles. The molecular formula is C22H33FN4O4. The number of benzene rings is 1. The molecule has 1 N–H and O–H groups in total. The third kappa shape index (κ3) is 6.53. The minimum Gasteiger partial charge on any atom is -0.444 e. The number of hydrogen-bond donors (Lipinski definition) is 1. The second-order valence-corrected chi connectivity index (χ2v) is 9.47. The number of carbonyl (C=O) groups excluding carboxylic acids is 1. The van der Waals surface area contributed by atoms with Crippen LogP contribution in [-0.4, -0.2) is 60.3 Å². The fraction of sp³-hybridized carbons (Fsp3) is 0.682. The molecule has 1 amide bonds. The van der Waals surface area contributed by atoms with Crippen molar-refractivity contribution in [1.29, 1.82) is 0 Å². The van der Waals surface area contributed by atoms with Gasteiger partial charge in [0.1, 0.15) is 5.60 Å². The van der Waals surface area contributed by atoms with Crippen molar-refractivity contribution in [1.82, 2.24) is 10.2 Å². The van der Waals surface area contributed by atoms with E-state index in [4.69, 9.17) is 4.74 Å². The van der Waals surface area contributed by atoms with Gasteiger partial charge in [0.05, 0.1) is 16.7 Å². The summed E-state index contributed by atoms with van der Waals surface area (Å²) in [5.41, 5.74) is -0.277. The predicted octanol–water partition coefficient (Wildman–Crippen LogP) is 3.94. The molecule has 1 heterocycles. The number of ether oxygens (including phenoxy) is 1. The van der Waals surface area contributed by atoms with E-state index in [1.54, 1.807) is 0 Å². The van der Waals surface area contributed by atoms with Crippen LogP contribution >= 0.6 is 0 Å². The number of rotatable bonds is 5. The average molecular weight is 437 g/mol. The quantitative estimate of drug-likeness (QED) is 0.556. The Morgan fingerprint density at radius 3 is 2.39 bits per heavy atom. The van der Waals surface area contributed by atoms with Gasteiger partial charge >= 0.3 is 6.09 Å². The number of non-ortho nitro benzene ring substituents is 1. The Balaban J connectivity index is 1.41. The molecule has 9 heteroatoms. The van der Waals surface area contributed by atoms with Crippen LogP contribution < -0.4 is 10.2 Å². The highest BCUT2D eigenvalue weighted by Crippen LogP contribution is 2.30. The lowest BCUT2D eigenvalue weighted by atomic mass is 9.85. The molecular weight excluding hydrogens is 403 g/mol. The van der Waals surface area contributed by atoms with Crippen LogP contribution in [0, 0.1) is 21.8 Å². The maximum absolute atomic E-state index is 14.3. The molecule has 0 bridgehead atoms. The minimum atomic E-state index is -0.579. The van der Waals surface area contributed by atoms with Gasteiger partial charge < -0.3 is 15.0 Å². The number of hydrogen-bond acceptors (Lipinski definition) is 6. The summed E-state index contributed by atoms with van der Waals surface area (Å²) in [6, 6.07) is 4.37. The van der Waals surface area contributed by atoms with Crippen molar-refractivity contribution in [2.24, 2.45) is 5.92 Å². The Bertz CT molecular complexity index is 782. The lowest BCUT2D eigenvalue weighted by Gasteiger charge is -2.42. The first kappa shape index (κ1) is 23.2. The standard InChI is InChI=1S/C22H33FN4O4/c1-22(2,3)31-21(28)24-15-16-4-6-17(7-5-16)25-10-12-26(13-11-25)20-9-8-18(27(29)30)14-19(20)23/h8-9,14,16-17H,4-7,10-13,15H2,1-3H3,(H,24,28)/t16-,17-. The van der Waals surface area contributed by atoms with Crippen LogP contribution in [-0.2, 0) is 4.74 Å². The van der Waals surface area contributed by atoms with Crippen molar-refractivity contribution in [3.63, 3.8) is 0 Å². The third-order valence-electron chi connectivity index (χ3n) is 6.06. The molecule has 1 aliphatic heterocycles. The first-order chi connectivity index (χ1) is 14.6.